The van der Waals surface area contributed by atoms with Crippen molar-refractivity contribution in [2.75, 3.05) is 32.2 Å². The molecule has 0 aliphatic carbocycles. The monoisotopic (exact) mass is 298 g/mol. The lowest BCUT2D eigenvalue weighted by Gasteiger charge is -2.19. The van der Waals surface area contributed by atoms with Crippen LogP contribution in [-0.4, -0.2) is 32.3 Å². The molecule has 1 aliphatic heterocycles. The van der Waals surface area contributed by atoms with Crippen molar-refractivity contribution < 1.29 is 9.47 Å². The van der Waals surface area contributed by atoms with E-state index in [4.69, 9.17) is 9.47 Å². The van der Waals surface area contributed by atoms with Gasteiger partial charge >= 0.3 is 0 Å². The molecule has 3 rings (SSSR count). The minimum atomic E-state index is 0.498. The number of hydrogen-bond acceptors (Lipinski definition) is 4. The summed E-state index contributed by atoms with van der Waals surface area (Å²) in [5.74, 6) is 2.21. The molecular formula is C18H22N2O2. The van der Waals surface area contributed by atoms with Crippen molar-refractivity contribution in [1.82, 2.24) is 4.98 Å². The van der Waals surface area contributed by atoms with Gasteiger partial charge in [-0.15, -0.1) is 0 Å². The van der Waals surface area contributed by atoms with Gasteiger partial charge in [-0.3, -0.25) is 4.98 Å². The van der Waals surface area contributed by atoms with Crippen LogP contribution in [0.3, 0.4) is 0 Å². The molecule has 0 radical (unpaired) electrons. The highest BCUT2D eigenvalue weighted by Crippen LogP contribution is 2.34. The van der Waals surface area contributed by atoms with E-state index in [2.05, 4.69) is 34.1 Å². The first-order chi connectivity index (χ1) is 10.7. The molecule has 0 saturated carbocycles. The van der Waals surface area contributed by atoms with Gasteiger partial charge in [-0.05, 0) is 43.2 Å². The fourth-order valence-corrected chi connectivity index (χ4v) is 3.06. The molecule has 0 spiro atoms. The Morgan fingerprint density at radius 2 is 1.82 bits per heavy atom. The van der Waals surface area contributed by atoms with Gasteiger partial charge in [-0.25, -0.2) is 0 Å². The van der Waals surface area contributed by atoms with E-state index < -0.39 is 0 Å². The fourth-order valence-electron chi connectivity index (χ4n) is 3.06. The Bertz CT molecular complexity index is 635. The lowest BCUT2D eigenvalue weighted by atomic mass is 9.98. The summed E-state index contributed by atoms with van der Waals surface area (Å²) in [7, 11) is 3.39. The van der Waals surface area contributed by atoms with Gasteiger partial charge in [0, 0.05) is 42.7 Å². The first kappa shape index (κ1) is 14.7. The molecule has 1 fully saturated rings. The summed E-state index contributed by atoms with van der Waals surface area (Å²) < 4.78 is 10.8. The average Bonchev–Trinajstić information content (AvgIpc) is 3.04. The third-order valence-corrected chi connectivity index (χ3v) is 4.28. The topological polar surface area (TPSA) is 34.6 Å². The number of aromatic nitrogens is 1. The number of methoxy groups -OCH3 is 2. The van der Waals surface area contributed by atoms with Crippen molar-refractivity contribution in [3.05, 3.63) is 47.8 Å². The predicted octanol–water partition coefficient (Wildman–Crippen LogP) is 3.40. The molecule has 2 aromatic rings. The van der Waals surface area contributed by atoms with Gasteiger partial charge in [0.2, 0.25) is 0 Å². The van der Waals surface area contributed by atoms with Crippen molar-refractivity contribution in [1.29, 1.82) is 0 Å². The molecule has 116 valence electrons. The maximum atomic E-state index is 5.38. The number of ether oxygens (including phenoxy) is 2. The molecule has 1 aliphatic rings. The maximum absolute atomic E-state index is 5.38. The number of hydrogen-bond donors (Lipinski definition) is 0. The van der Waals surface area contributed by atoms with Crippen molar-refractivity contribution in [3.8, 4) is 11.5 Å². The first-order valence-corrected chi connectivity index (χ1v) is 7.60. The van der Waals surface area contributed by atoms with Crippen LogP contribution >= 0.6 is 0 Å². The third kappa shape index (κ3) is 3.01. The van der Waals surface area contributed by atoms with E-state index in [1.807, 2.05) is 19.2 Å². The molecule has 1 saturated heterocycles. The van der Waals surface area contributed by atoms with E-state index in [9.17, 15) is 0 Å². The second-order valence-electron chi connectivity index (χ2n) is 5.73. The van der Waals surface area contributed by atoms with Crippen LogP contribution in [0.2, 0.25) is 0 Å². The Morgan fingerprint density at radius 3 is 2.45 bits per heavy atom. The van der Waals surface area contributed by atoms with E-state index in [1.165, 1.54) is 11.3 Å². The second-order valence-corrected chi connectivity index (χ2v) is 5.73. The van der Waals surface area contributed by atoms with Crippen LogP contribution in [0.25, 0.3) is 0 Å². The van der Waals surface area contributed by atoms with Gasteiger partial charge in [0.05, 0.1) is 14.2 Å². The Morgan fingerprint density at radius 1 is 1.09 bits per heavy atom. The Labute approximate surface area is 131 Å². The number of rotatable bonds is 4. The summed E-state index contributed by atoms with van der Waals surface area (Å²) in [6.07, 6.45) is 3.02. The van der Waals surface area contributed by atoms with Gasteiger partial charge in [0.1, 0.15) is 11.5 Å². The molecule has 1 aromatic heterocycles. The number of pyridine rings is 1. The van der Waals surface area contributed by atoms with Crippen LogP contribution in [0.4, 0.5) is 5.69 Å². The van der Waals surface area contributed by atoms with E-state index in [1.54, 1.807) is 14.2 Å². The lowest BCUT2D eigenvalue weighted by Crippen LogP contribution is -2.19. The fraction of sp³-hybridized carbons (Fsp3) is 0.389. The molecule has 4 nitrogen and oxygen atoms in total. The maximum Gasteiger partial charge on any atom is 0.122 e. The smallest absolute Gasteiger partial charge is 0.122 e. The number of anilines is 1. The number of benzene rings is 1. The molecule has 1 atom stereocenters. The van der Waals surface area contributed by atoms with E-state index in [-0.39, 0.29) is 0 Å². The zero-order valence-electron chi connectivity index (χ0n) is 13.4. The van der Waals surface area contributed by atoms with Gasteiger partial charge in [0.25, 0.3) is 0 Å². The van der Waals surface area contributed by atoms with Gasteiger partial charge < -0.3 is 14.4 Å². The second kappa shape index (κ2) is 6.26. The van der Waals surface area contributed by atoms with Crippen molar-refractivity contribution >= 4 is 5.69 Å². The van der Waals surface area contributed by atoms with Gasteiger partial charge in [0.15, 0.2) is 0 Å². The highest BCUT2D eigenvalue weighted by atomic mass is 16.5. The first-order valence-electron chi connectivity index (χ1n) is 7.60. The van der Waals surface area contributed by atoms with Gasteiger partial charge in [-0.2, -0.15) is 0 Å². The normalized spacial score (nSPS) is 17.6. The molecule has 1 unspecified atom stereocenters. The predicted molar refractivity (Wildman–Crippen MR) is 88.1 cm³/mol. The molecule has 2 heterocycles. The van der Waals surface area contributed by atoms with E-state index >= 15 is 0 Å². The minimum absolute atomic E-state index is 0.498. The molecular weight excluding hydrogens is 276 g/mol. The summed E-state index contributed by atoms with van der Waals surface area (Å²) in [6, 6.07) is 10.4. The van der Waals surface area contributed by atoms with Crippen LogP contribution in [0, 0.1) is 6.92 Å². The molecule has 1 aromatic carbocycles. The summed E-state index contributed by atoms with van der Waals surface area (Å²) in [5, 5.41) is 0. The van der Waals surface area contributed by atoms with Crippen LogP contribution in [0.1, 0.15) is 23.6 Å². The number of aryl methyl sites for hydroxylation is 1. The molecule has 22 heavy (non-hydrogen) atoms. The lowest BCUT2D eigenvalue weighted by molar-refractivity contribution is 0.393. The Kier molecular flexibility index (Phi) is 4.18. The van der Waals surface area contributed by atoms with Gasteiger partial charge in [-0.1, -0.05) is 0 Å². The largest absolute Gasteiger partial charge is 0.497 e. The standard InChI is InChI=1S/C18H22N2O2/c1-13-8-16(4-6-19-13)20-7-5-14(12-20)15-9-17(21-2)11-18(10-15)22-3/h4,6,8-11,14H,5,7,12H2,1-3H3. The molecule has 0 N–H and O–H groups in total. The Balaban J connectivity index is 1.80. The van der Waals surface area contributed by atoms with Crippen molar-refractivity contribution in [2.45, 2.75) is 19.3 Å². The van der Waals surface area contributed by atoms with Crippen LogP contribution < -0.4 is 14.4 Å². The van der Waals surface area contributed by atoms with Crippen molar-refractivity contribution in [2.24, 2.45) is 0 Å². The van der Waals surface area contributed by atoms with E-state index in [0.29, 0.717) is 5.92 Å². The van der Waals surface area contributed by atoms with Crippen LogP contribution in [0.15, 0.2) is 36.5 Å². The quantitative estimate of drug-likeness (QED) is 0.866. The summed E-state index contributed by atoms with van der Waals surface area (Å²) >= 11 is 0. The van der Waals surface area contributed by atoms with Crippen LogP contribution in [-0.2, 0) is 0 Å². The van der Waals surface area contributed by atoms with Crippen LogP contribution in [0.5, 0.6) is 11.5 Å². The molecule has 0 bridgehead atoms. The van der Waals surface area contributed by atoms with E-state index in [0.717, 1.165) is 36.7 Å². The highest BCUT2D eigenvalue weighted by molar-refractivity contribution is 5.49. The molecule has 4 heteroatoms. The minimum Gasteiger partial charge on any atom is -0.497 e. The SMILES string of the molecule is COc1cc(OC)cc(C2CCN(c3ccnc(C)c3)C2)c1. The Hall–Kier alpha value is -2.23. The van der Waals surface area contributed by atoms with Crippen molar-refractivity contribution in [3.63, 3.8) is 0 Å². The third-order valence-electron chi connectivity index (χ3n) is 4.28. The highest BCUT2D eigenvalue weighted by Gasteiger charge is 2.25. The summed E-state index contributed by atoms with van der Waals surface area (Å²) in [6.45, 7) is 4.11. The zero-order chi connectivity index (χ0) is 15.5. The molecule has 0 amide bonds. The zero-order valence-corrected chi connectivity index (χ0v) is 13.4. The summed E-state index contributed by atoms with van der Waals surface area (Å²) in [5.41, 5.74) is 3.60. The number of nitrogens with zero attached hydrogens (tertiary/aromatic N) is 2. The average molecular weight is 298 g/mol. The summed E-state index contributed by atoms with van der Waals surface area (Å²) in [4.78, 5) is 6.70.